The average molecular weight is 461 g/mol. The van der Waals surface area contributed by atoms with Crippen molar-refractivity contribution in [2.24, 2.45) is 0 Å². The second kappa shape index (κ2) is 9.16. The van der Waals surface area contributed by atoms with Crippen molar-refractivity contribution < 1.29 is 26.6 Å². The van der Waals surface area contributed by atoms with E-state index in [1.165, 1.54) is 0 Å². The van der Waals surface area contributed by atoms with Gasteiger partial charge in [0.05, 0.1) is 36.6 Å². The predicted octanol–water partition coefficient (Wildman–Crippen LogP) is 1.95. The van der Waals surface area contributed by atoms with Crippen LogP contribution in [0.4, 0.5) is 0 Å². The van der Waals surface area contributed by atoms with Crippen molar-refractivity contribution in [1.82, 2.24) is 9.80 Å². The van der Waals surface area contributed by atoms with E-state index in [0.29, 0.717) is 12.1 Å². The van der Waals surface area contributed by atoms with Crippen LogP contribution >= 0.6 is 0 Å². The van der Waals surface area contributed by atoms with Crippen LogP contribution in [0.2, 0.25) is 12.1 Å². The molecule has 0 saturated carbocycles. The van der Waals surface area contributed by atoms with Gasteiger partial charge < -0.3 is 26.6 Å². The second-order valence-electron chi connectivity index (χ2n) is 9.87. The molecule has 174 valence electrons. The Labute approximate surface area is 183 Å². The molecule has 6 heterocycles. The fourth-order valence-electron chi connectivity index (χ4n) is 5.52. The summed E-state index contributed by atoms with van der Waals surface area (Å²) < 4.78 is 39.3. The number of nitrogens with zero attached hydrogens (tertiary/aromatic N) is 2. The zero-order valence-corrected chi connectivity index (χ0v) is 21.5. The summed E-state index contributed by atoms with van der Waals surface area (Å²) in [4.78, 5) is 4.78. The minimum atomic E-state index is -2.90. The highest BCUT2D eigenvalue weighted by molar-refractivity contribution is 6.66. The van der Waals surface area contributed by atoms with E-state index in [0.717, 1.165) is 39.3 Å². The third kappa shape index (κ3) is 5.53. The third-order valence-electron chi connectivity index (χ3n) is 6.11. The van der Waals surface area contributed by atoms with E-state index < -0.39 is 17.6 Å². The molecule has 0 aromatic heterocycles. The smallest absolute Gasteiger partial charge is 0.369 e. The molecule has 0 aromatic rings. The second-order valence-corrected chi connectivity index (χ2v) is 15.0. The molecule has 0 N–H and O–H groups in total. The quantitative estimate of drug-likeness (QED) is 0.593. The van der Waals surface area contributed by atoms with E-state index in [2.05, 4.69) is 51.3 Å². The number of hydrogen-bond donors (Lipinski definition) is 0. The highest BCUT2D eigenvalue weighted by Gasteiger charge is 2.55. The molecule has 0 spiro atoms. The molecule has 4 bridgehead atoms. The van der Waals surface area contributed by atoms with Crippen LogP contribution in [0.3, 0.4) is 0 Å². The van der Waals surface area contributed by atoms with E-state index in [1.807, 2.05) is 0 Å². The van der Waals surface area contributed by atoms with Gasteiger partial charge in [-0.3, -0.25) is 9.80 Å². The molecule has 6 saturated heterocycles. The molecule has 6 aliphatic heterocycles. The van der Waals surface area contributed by atoms with Gasteiger partial charge in [-0.05, 0) is 41.5 Å². The third-order valence-corrected chi connectivity index (χ3v) is 12.9. The molecular weight excluding hydrogens is 420 g/mol. The van der Waals surface area contributed by atoms with Crippen LogP contribution < -0.4 is 0 Å². The number of fused-ring (bicyclic) bond motifs is 12. The van der Waals surface area contributed by atoms with Gasteiger partial charge in [-0.2, -0.15) is 0 Å². The normalized spacial score (nSPS) is 52.6. The van der Waals surface area contributed by atoms with E-state index in [4.69, 9.17) is 26.6 Å². The zero-order chi connectivity index (χ0) is 21.5. The van der Waals surface area contributed by atoms with Crippen LogP contribution in [0.15, 0.2) is 0 Å². The van der Waals surface area contributed by atoms with Crippen molar-refractivity contribution >= 4 is 17.6 Å². The topological polar surface area (TPSA) is 61.9 Å². The van der Waals surface area contributed by atoms with Crippen LogP contribution in [-0.2, 0) is 26.6 Å². The summed E-state index contributed by atoms with van der Waals surface area (Å²) in [6, 6.07) is 1.35. The van der Waals surface area contributed by atoms with Gasteiger partial charge in [0.15, 0.2) is 0 Å². The first kappa shape index (κ1) is 23.3. The Kier molecular flexibility index (Phi) is 7.11. The van der Waals surface area contributed by atoms with Gasteiger partial charge in [0.2, 0.25) is 0 Å². The van der Waals surface area contributed by atoms with Crippen molar-refractivity contribution in [3.63, 3.8) is 0 Å². The molecule has 6 atom stereocenters. The summed E-state index contributed by atoms with van der Waals surface area (Å²) in [5.41, 5.74) is 0. The van der Waals surface area contributed by atoms with Crippen LogP contribution in [0.25, 0.3) is 0 Å². The Morgan fingerprint density at radius 1 is 0.467 bits per heavy atom. The largest absolute Gasteiger partial charge is 0.501 e. The van der Waals surface area contributed by atoms with Crippen LogP contribution in [0, 0.1) is 0 Å². The molecule has 0 aliphatic carbocycles. The van der Waals surface area contributed by atoms with Gasteiger partial charge >= 0.3 is 17.6 Å². The van der Waals surface area contributed by atoms with Gasteiger partial charge in [-0.1, -0.05) is 0 Å². The summed E-state index contributed by atoms with van der Waals surface area (Å²) in [5.74, 6) is 0. The summed E-state index contributed by atoms with van der Waals surface area (Å²) >= 11 is 0. The maximum absolute atomic E-state index is 6.55. The summed E-state index contributed by atoms with van der Waals surface area (Å²) in [6.45, 7) is 18.3. The molecular formula is C20H40N2O6Si2. The molecule has 10 heteroatoms. The zero-order valence-electron chi connectivity index (χ0n) is 19.5. The lowest BCUT2D eigenvalue weighted by Gasteiger charge is -2.48. The average Bonchev–Trinajstić information content (AvgIpc) is 2.53. The van der Waals surface area contributed by atoms with Crippen LogP contribution in [-0.4, -0.2) is 103 Å². The molecule has 30 heavy (non-hydrogen) atoms. The van der Waals surface area contributed by atoms with E-state index in [9.17, 15) is 0 Å². The Hall–Kier alpha value is 0.114. The van der Waals surface area contributed by atoms with Gasteiger partial charge in [-0.25, -0.2) is 0 Å². The molecule has 6 unspecified atom stereocenters. The Morgan fingerprint density at radius 3 is 0.867 bits per heavy atom. The van der Waals surface area contributed by atoms with Crippen molar-refractivity contribution in [3.05, 3.63) is 0 Å². The van der Waals surface area contributed by atoms with E-state index in [-0.39, 0.29) is 36.6 Å². The summed E-state index contributed by atoms with van der Waals surface area (Å²) in [7, 11) is -5.80. The van der Waals surface area contributed by atoms with Gasteiger partial charge in [0.1, 0.15) is 0 Å². The molecule has 6 fully saturated rings. The lowest BCUT2D eigenvalue weighted by molar-refractivity contribution is -0.0867. The van der Waals surface area contributed by atoms with Crippen molar-refractivity contribution in [1.29, 1.82) is 0 Å². The standard InChI is InChI=1S/C20H40N2O6Si2/c1-15-9-21-10-16(2)24-29(23-15,25-17(3)11-21)7-8-30-26-18(4)12-22(13-19(5)27-30)14-20(6)28-30/h15-20H,7-14H2,1-6H3. The first-order valence-corrected chi connectivity index (χ1v) is 15.5. The lowest BCUT2D eigenvalue weighted by atomic mass is 10.2. The Morgan fingerprint density at radius 2 is 0.667 bits per heavy atom. The molecule has 8 nitrogen and oxygen atoms in total. The Balaban J connectivity index is 1.57. The van der Waals surface area contributed by atoms with Crippen LogP contribution in [0.5, 0.6) is 0 Å². The number of rotatable bonds is 3. The van der Waals surface area contributed by atoms with Gasteiger partial charge in [-0.15, -0.1) is 0 Å². The Bertz CT molecular complexity index is 480. The molecule has 0 amide bonds. The monoisotopic (exact) mass is 460 g/mol. The van der Waals surface area contributed by atoms with Crippen LogP contribution in [0.1, 0.15) is 41.5 Å². The summed E-state index contributed by atoms with van der Waals surface area (Å²) in [6.07, 6.45) is 0.492. The maximum Gasteiger partial charge on any atom is 0.501 e. The van der Waals surface area contributed by atoms with Crippen molar-refractivity contribution in [2.45, 2.75) is 90.3 Å². The number of hydrogen-bond acceptors (Lipinski definition) is 8. The minimum absolute atomic E-state index is 0.0820. The molecule has 6 rings (SSSR count). The minimum Gasteiger partial charge on any atom is -0.369 e. The fraction of sp³-hybridized carbons (Fsp3) is 1.00. The first-order valence-electron chi connectivity index (χ1n) is 11.7. The summed E-state index contributed by atoms with van der Waals surface area (Å²) in [5, 5.41) is 0. The SMILES string of the molecule is CC1CN2CC(C)O[Si](CC[Si]34OC(C)CN(CC(C)O3)CC(C)O4)(O1)OC(C)C2. The lowest BCUT2D eigenvalue weighted by Crippen LogP contribution is -2.64. The van der Waals surface area contributed by atoms with Crippen molar-refractivity contribution in [3.8, 4) is 0 Å². The highest BCUT2D eigenvalue weighted by Crippen LogP contribution is 2.35. The van der Waals surface area contributed by atoms with E-state index >= 15 is 0 Å². The van der Waals surface area contributed by atoms with Crippen molar-refractivity contribution in [2.75, 3.05) is 39.3 Å². The molecule has 0 aromatic carbocycles. The predicted molar refractivity (Wildman–Crippen MR) is 117 cm³/mol. The molecule has 6 aliphatic rings. The first-order chi connectivity index (χ1) is 14.1. The fourth-order valence-corrected chi connectivity index (χ4v) is 13.1. The molecule has 0 radical (unpaired) electrons. The maximum atomic E-state index is 6.55. The highest BCUT2D eigenvalue weighted by atomic mass is 28.4. The van der Waals surface area contributed by atoms with Gasteiger partial charge in [0, 0.05) is 51.4 Å². The van der Waals surface area contributed by atoms with Gasteiger partial charge in [0.25, 0.3) is 0 Å². The van der Waals surface area contributed by atoms with E-state index in [1.54, 1.807) is 0 Å².